The highest BCUT2D eigenvalue weighted by atomic mass is 32.2. The second-order valence-corrected chi connectivity index (χ2v) is 6.35. The van der Waals surface area contributed by atoms with Gasteiger partial charge in [-0.15, -0.1) is 10.2 Å². The minimum Gasteiger partial charge on any atom is -0.366 e. The topological polar surface area (TPSA) is 103 Å². The van der Waals surface area contributed by atoms with Crippen molar-refractivity contribution in [1.29, 1.82) is 0 Å². The van der Waals surface area contributed by atoms with E-state index in [4.69, 9.17) is 5.73 Å². The Kier molecular flexibility index (Phi) is 4.33. The van der Waals surface area contributed by atoms with Crippen molar-refractivity contribution in [2.45, 2.75) is 31.0 Å². The van der Waals surface area contributed by atoms with E-state index < -0.39 is 5.91 Å². The molecule has 0 saturated heterocycles. The second-order valence-electron chi connectivity index (χ2n) is 5.41. The van der Waals surface area contributed by atoms with E-state index in [0.717, 1.165) is 23.8 Å². The summed E-state index contributed by atoms with van der Waals surface area (Å²) >= 11 is 1.37. The molecule has 1 aliphatic rings. The van der Waals surface area contributed by atoms with Gasteiger partial charge in [-0.05, 0) is 44.0 Å². The quantitative estimate of drug-likeness (QED) is 0.785. The fraction of sp³-hybridized carbons (Fsp3) is 0.333. The van der Waals surface area contributed by atoms with E-state index in [9.17, 15) is 9.59 Å². The molecule has 2 aromatic rings. The predicted octanol–water partition coefficient (Wildman–Crippen LogP) is 1.75. The SMILES string of the molecule is Cc1nnc(SCC(=O)Nc2ccc(C(N)=O)cc2)n1C1CC1. The van der Waals surface area contributed by atoms with Crippen molar-refractivity contribution in [3.8, 4) is 0 Å². The molecule has 2 amide bonds. The summed E-state index contributed by atoms with van der Waals surface area (Å²) in [6.45, 7) is 1.93. The van der Waals surface area contributed by atoms with Gasteiger partial charge in [0.2, 0.25) is 11.8 Å². The first-order valence-electron chi connectivity index (χ1n) is 7.28. The first kappa shape index (κ1) is 15.5. The zero-order valence-corrected chi connectivity index (χ0v) is 13.5. The van der Waals surface area contributed by atoms with Crippen molar-refractivity contribution in [3.63, 3.8) is 0 Å². The molecule has 0 atom stereocenters. The monoisotopic (exact) mass is 331 g/mol. The average Bonchev–Trinajstić information content (AvgIpc) is 3.29. The van der Waals surface area contributed by atoms with Crippen molar-refractivity contribution < 1.29 is 9.59 Å². The number of thioether (sulfide) groups is 1. The molecule has 3 rings (SSSR count). The molecule has 0 radical (unpaired) electrons. The number of nitrogens with two attached hydrogens (primary N) is 1. The maximum atomic E-state index is 12.0. The molecule has 1 fully saturated rings. The Labute approximate surface area is 137 Å². The summed E-state index contributed by atoms with van der Waals surface area (Å²) in [6, 6.07) is 6.95. The number of anilines is 1. The van der Waals surface area contributed by atoms with Crippen molar-refractivity contribution >= 4 is 29.3 Å². The predicted molar refractivity (Wildman–Crippen MR) is 87.3 cm³/mol. The van der Waals surface area contributed by atoms with Gasteiger partial charge >= 0.3 is 0 Å². The van der Waals surface area contributed by atoms with E-state index in [0.29, 0.717) is 17.3 Å². The average molecular weight is 331 g/mol. The molecule has 3 N–H and O–H groups in total. The summed E-state index contributed by atoms with van der Waals surface area (Å²) < 4.78 is 2.10. The molecule has 23 heavy (non-hydrogen) atoms. The highest BCUT2D eigenvalue weighted by molar-refractivity contribution is 7.99. The van der Waals surface area contributed by atoms with Crippen LogP contribution in [0.4, 0.5) is 5.69 Å². The number of amides is 2. The zero-order valence-electron chi connectivity index (χ0n) is 12.7. The van der Waals surface area contributed by atoms with Crippen LogP contribution in [0, 0.1) is 6.92 Å². The molecule has 1 aromatic heterocycles. The lowest BCUT2D eigenvalue weighted by atomic mass is 10.2. The van der Waals surface area contributed by atoms with Crippen molar-refractivity contribution in [1.82, 2.24) is 14.8 Å². The van der Waals surface area contributed by atoms with Crippen LogP contribution in [0.25, 0.3) is 0 Å². The standard InChI is InChI=1S/C15H17N5O2S/c1-9-18-19-15(20(9)12-6-7-12)23-8-13(21)17-11-4-2-10(3-5-11)14(16)22/h2-5,12H,6-8H2,1H3,(H2,16,22)(H,17,21). The van der Waals surface area contributed by atoms with Gasteiger partial charge in [-0.3, -0.25) is 9.59 Å². The molecule has 1 aliphatic carbocycles. The van der Waals surface area contributed by atoms with Gasteiger partial charge in [0.05, 0.1) is 5.75 Å². The first-order valence-corrected chi connectivity index (χ1v) is 8.27. The van der Waals surface area contributed by atoms with Gasteiger partial charge in [0.15, 0.2) is 5.16 Å². The van der Waals surface area contributed by atoms with Crippen LogP contribution in [0.1, 0.15) is 35.1 Å². The Balaban J connectivity index is 1.56. The van der Waals surface area contributed by atoms with Crippen molar-refractivity contribution in [2.75, 3.05) is 11.1 Å². The number of primary amides is 1. The van der Waals surface area contributed by atoms with Gasteiger partial charge in [-0.1, -0.05) is 11.8 Å². The Hall–Kier alpha value is -2.35. The Morgan fingerprint density at radius 1 is 1.30 bits per heavy atom. The summed E-state index contributed by atoms with van der Waals surface area (Å²) in [7, 11) is 0. The van der Waals surface area contributed by atoms with E-state index in [1.807, 2.05) is 6.92 Å². The third kappa shape index (κ3) is 3.70. The van der Waals surface area contributed by atoms with Gasteiger partial charge in [0, 0.05) is 17.3 Å². The molecule has 1 aromatic carbocycles. The Morgan fingerprint density at radius 3 is 2.61 bits per heavy atom. The van der Waals surface area contributed by atoms with Crippen molar-refractivity contribution in [3.05, 3.63) is 35.7 Å². The molecule has 0 aliphatic heterocycles. The normalized spacial score (nSPS) is 13.8. The largest absolute Gasteiger partial charge is 0.366 e. The molecule has 8 heteroatoms. The van der Waals surface area contributed by atoms with Crippen LogP contribution in [-0.4, -0.2) is 32.3 Å². The van der Waals surface area contributed by atoms with Gasteiger partial charge in [-0.2, -0.15) is 0 Å². The van der Waals surface area contributed by atoms with E-state index in [1.165, 1.54) is 11.8 Å². The zero-order chi connectivity index (χ0) is 16.4. The van der Waals surface area contributed by atoms with Crippen LogP contribution in [0.5, 0.6) is 0 Å². The molecule has 0 spiro atoms. The summed E-state index contributed by atoms with van der Waals surface area (Å²) in [5.74, 6) is 0.512. The maximum Gasteiger partial charge on any atom is 0.248 e. The maximum absolute atomic E-state index is 12.0. The number of rotatable bonds is 6. The number of benzene rings is 1. The van der Waals surface area contributed by atoms with Crippen LogP contribution in [0.2, 0.25) is 0 Å². The number of carbonyl (C=O) groups excluding carboxylic acids is 2. The number of hydrogen-bond donors (Lipinski definition) is 2. The number of nitrogens with zero attached hydrogens (tertiary/aromatic N) is 3. The van der Waals surface area contributed by atoms with Gasteiger partial charge in [0.25, 0.3) is 0 Å². The first-order chi connectivity index (χ1) is 11.0. The molecule has 1 saturated carbocycles. The van der Waals surface area contributed by atoms with Crippen LogP contribution in [0.3, 0.4) is 0 Å². The van der Waals surface area contributed by atoms with E-state index in [-0.39, 0.29) is 11.7 Å². The molecule has 0 unspecified atom stereocenters. The fourth-order valence-electron chi connectivity index (χ4n) is 2.25. The number of aryl methyl sites for hydroxylation is 1. The van der Waals surface area contributed by atoms with Crippen LogP contribution < -0.4 is 11.1 Å². The molecule has 7 nitrogen and oxygen atoms in total. The summed E-state index contributed by atoms with van der Waals surface area (Å²) in [5.41, 5.74) is 6.21. The lowest BCUT2D eigenvalue weighted by molar-refractivity contribution is -0.113. The summed E-state index contributed by atoms with van der Waals surface area (Å²) in [6.07, 6.45) is 2.29. The number of hydrogen-bond acceptors (Lipinski definition) is 5. The summed E-state index contributed by atoms with van der Waals surface area (Å²) in [5, 5.41) is 11.8. The van der Waals surface area contributed by atoms with Crippen LogP contribution >= 0.6 is 11.8 Å². The second kappa shape index (κ2) is 6.41. The molecule has 120 valence electrons. The van der Waals surface area contributed by atoms with Gasteiger partial charge in [-0.25, -0.2) is 0 Å². The smallest absolute Gasteiger partial charge is 0.248 e. The van der Waals surface area contributed by atoms with Crippen LogP contribution in [-0.2, 0) is 4.79 Å². The highest BCUT2D eigenvalue weighted by Gasteiger charge is 2.28. The van der Waals surface area contributed by atoms with E-state index in [2.05, 4.69) is 20.1 Å². The number of carbonyl (C=O) groups is 2. The molecular weight excluding hydrogens is 314 g/mol. The lowest BCUT2D eigenvalue weighted by Gasteiger charge is -2.07. The minimum absolute atomic E-state index is 0.134. The Morgan fingerprint density at radius 2 is 2.00 bits per heavy atom. The van der Waals surface area contributed by atoms with Gasteiger partial charge in [0.1, 0.15) is 5.82 Å². The van der Waals surface area contributed by atoms with Crippen molar-refractivity contribution in [2.24, 2.45) is 5.73 Å². The van der Waals surface area contributed by atoms with E-state index >= 15 is 0 Å². The third-order valence-corrected chi connectivity index (χ3v) is 4.48. The minimum atomic E-state index is -0.492. The molecule has 1 heterocycles. The third-order valence-electron chi connectivity index (χ3n) is 3.53. The molecular formula is C15H17N5O2S. The highest BCUT2D eigenvalue weighted by Crippen LogP contribution is 2.38. The fourth-order valence-corrected chi connectivity index (χ4v) is 3.10. The number of nitrogens with one attached hydrogen (secondary N) is 1. The van der Waals surface area contributed by atoms with E-state index in [1.54, 1.807) is 24.3 Å². The Bertz CT molecular complexity index is 737. The summed E-state index contributed by atoms with van der Waals surface area (Å²) in [4.78, 5) is 23.0. The van der Waals surface area contributed by atoms with Gasteiger partial charge < -0.3 is 15.6 Å². The lowest BCUT2D eigenvalue weighted by Crippen LogP contribution is -2.15. The number of aromatic nitrogens is 3. The molecule has 0 bridgehead atoms. The van der Waals surface area contributed by atoms with Crippen LogP contribution in [0.15, 0.2) is 29.4 Å².